The summed E-state index contributed by atoms with van der Waals surface area (Å²) in [4.78, 5) is 11.1. The lowest BCUT2D eigenvalue weighted by atomic mass is 10.1. The monoisotopic (exact) mass is 363 g/mol. The number of benzene rings is 1. The first-order valence-corrected chi connectivity index (χ1v) is 9.26. The number of nitrogens with one attached hydrogen (secondary N) is 2. The zero-order valence-electron chi connectivity index (χ0n) is 15.3. The van der Waals surface area contributed by atoms with Crippen LogP contribution in [-0.2, 0) is 13.0 Å². The van der Waals surface area contributed by atoms with Gasteiger partial charge in [0.15, 0.2) is 11.1 Å². The topological polar surface area (TPSA) is 52.6 Å². The van der Waals surface area contributed by atoms with Gasteiger partial charge in [-0.15, -0.1) is 11.3 Å². The lowest BCUT2D eigenvalue weighted by Crippen LogP contribution is -2.38. The lowest BCUT2D eigenvalue weighted by molar-refractivity contribution is 0.625. The van der Waals surface area contributed by atoms with Crippen LogP contribution in [0.5, 0.6) is 0 Å². The molecule has 0 bridgehead atoms. The van der Waals surface area contributed by atoms with Crippen LogP contribution >= 0.6 is 11.3 Å². The Hall–Kier alpha value is -2.15. The van der Waals surface area contributed by atoms with Gasteiger partial charge in [-0.25, -0.2) is 14.4 Å². The number of aromatic nitrogens is 1. The Labute approximate surface area is 153 Å². The molecule has 2 aromatic rings. The molecule has 25 heavy (non-hydrogen) atoms. The molecule has 0 spiro atoms. The molecular formula is C18H26FN5S. The predicted molar refractivity (Wildman–Crippen MR) is 104 cm³/mol. The highest BCUT2D eigenvalue weighted by atomic mass is 32.1. The summed E-state index contributed by atoms with van der Waals surface area (Å²) < 4.78 is 13.2. The van der Waals surface area contributed by atoms with Gasteiger partial charge in [0, 0.05) is 32.6 Å². The van der Waals surface area contributed by atoms with Gasteiger partial charge in [-0.05, 0) is 43.5 Å². The molecule has 0 atom stereocenters. The zero-order valence-corrected chi connectivity index (χ0v) is 16.1. The Morgan fingerprint density at radius 1 is 1.32 bits per heavy atom. The average molecular weight is 364 g/mol. The molecule has 2 N–H and O–H groups in total. The maximum absolute atomic E-state index is 13.2. The molecule has 0 saturated heterocycles. The summed E-state index contributed by atoms with van der Waals surface area (Å²) >= 11 is 1.61. The molecule has 5 nitrogen and oxygen atoms in total. The van der Waals surface area contributed by atoms with Crippen molar-refractivity contribution in [1.82, 2.24) is 15.6 Å². The summed E-state index contributed by atoms with van der Waals surface area (Å²) in [5, 5.41) is 9.57. The van der Waals surface area contributed by atoms with Crippen molar-refractivity contribution < 1.29 is 4.39 Å². The van der Waals surface area contributed by atoms with E-state index in [2.05, 4.69) is 20.6 Å². The van der Waals surface area contributed by atoms with Crippen LogP contribution in [0.1, 0.15) is 23.7 Å². The Morgan fingerprint density at radius 2 is 2.12 bits per heavy atom. The third-order valence-electron chi connectivity index (χ3n) is 3.66. The molecule has 0 fully saturated rings. The van der Waals surface area contributed by atoms with Crippen molar-refractivity contribution >= 4 is 22.4 Å². The van der Waals surface area contributed by atoms with E-state index >= 15 is 0 Å². The number of nitrogens with zero attached hydrogens (tertiary/aromatic N) is 3. The number of hydrogen-bond acceptors (Lipinski definition) is 4. The van der Waals surface area contributed by atoms with E-state index in [1.165, 1.54) is 6.07 Å². The number of aliphatic imine (C=N–C) groups is 1. The summed E-state index contributed by atoms with van der Waals surface area (Å²) in [5.41, 5.74) is 3.07. The average Bonchev–Trinajstić information content (AvgIpc) is 3.04. The number of rotatable bonds is 7. The van der Waals surface area contributed by atoms with Crippen LogP contribution in [0.3, 0.4) is 0 Å². The Bertz CT molecular complexity index is 711. The van der Waals surface area contributed by atoms with Crippen LogP contribution in [0.4, 0.5) is 9.52 Å². The second-order valence-electron chi connectivity index (χ2n) is 5.96. The minimum atomic E-state index is -0.190. The van der Waals surface area contributed by atoms with Crippen molar-refractivity contribution in [2.45, 2.75) is 26.8 Å². The van der Waals surface area contributed by atoms with Gasteiger partial charge in [-0.3, -0.25) is 0 Å². The highest BCUT2D eigenvalue weighted by molar-refractivity contribution is 7.13. The van der Waals surface area contributed by atoms with Crippen LogP contribution in [0.2, 0.25) is 0 Å². The van der Waals surface area contributed by atoms with Crippen LogP contribution < -0.4 is 15.5 Å². The molecule has 7 heteroatoms. The van der Waals surface area contributed by atoms with Crippen molar-refractivity contribution in [3.05, 3.63) is 46.2 Å². The molecule has 1 heterocycles. The maximum Gasteiger partial charge on any atom is 0.191 e. The quantitative estimate of drug-likeness (QED) is 0.587. The van der Waals surface area contributed by atoms with Crippen LogP contribution in [0.25, 0.3) is 0 Å². The number of hydrogen-bond donors (Lipinski definition) is 2. The van der Waals surface area contributed by atoms with Gasteiger partial charge in [0.25, 0.3) is 0 Å². The van der Waals surface area contributed by atoms with Gasteiger partial charge >= 0.3 is 0 Å². The van der Waals surface area contributed by atoms with Crippen LogP contribution in [-0.4, -0.2) is 38.1 Å². The number of thiazole rings is 1. The molecule has 0 radical (unpaired) electrons. The van der Waals surface area contributed by atoms with Gasteiger partial charge in [0.1, 0.15) is 5.82 Å². The highest BCUT2D eigenvalue weighted by Gasteiger charge is 2.05. The first kappa shape index (κ1) is 19.2. The number of aryl methyl sites for hydroxylation is 1. The van der Waals surface area contributed by atoms with Crippen LogP contribution in [0.15, 0.2) is 28.6 Å². The Morgan fingerprint density at radius 3 is 2.76 bits per heavy atom. The van der Waals surface area contributed by atoms with Gasteiger partial charge < -0.3 is 15.5 Å². The SMILES string of the molecule is CCNC(=NCc1csc(N(C)C)n1)NCCc1ccc(F)cc1C. The first-order valence-electron chi connectivity index (χ1n) is 8.38. The smallest absolute Gasteiger partial charge is 0.191 e. The molecule has 136 valence electrons. The van der Waals surface area contributed by atoms with Crippen molar-refractivity contribution in [2.75, 3.05) is 32.1 Å². The molecule has 0 saturated carbocycles. The molecule has 0 aliphatic carbocycles. The second kappa shape index (κ2) is 9.36. The molecule has 0 aliphatic heterocycles. The van der Waals surface area contributed by atoms with E-state index in [1.54, 1.807) is 17.4 Å². The second-order valence-corrected chi connectivity index (χ2v) is 6.80. The van der Waals surface area contributed by atoms with E-state index < -0.39 is 0 Å². The number of guanidine groups is 1. The molecule has 0 amide bonds. The molecule has 1 aromatic heterocycles. The Kier molecular flexibility index (Phi) is 7.18. The van der Waals surface area contributed by atoms with E-state index in [0.29, 0.717) is 6.54 Å². The third kappa shape index (κ3) is 6.01. The zero-order chi connectivity index (χ0) is 18.2. The Balaban J connectivity index is 1.90. The fourth-order valence-electron chi connectivity index (χ4n) is 2.33. The van der Waals surface area contributed by atoms with Gasteiger partial charge in [0.05, 0.1) is 12.2 Å². The fraction of sp³-hybridized carbons (Fsp3) is 0.444. The number of anilines is 1. The molecule has 0 aliphatic rings. The van der Waals surface area contributed by atoms with E-state index in [-0.39, 0.29) is 5.82 Å². The predicted octanol–water partition coefficient (Wildman–Crippen LogP) is 2.95. The summed E-state index contributed by atoms with van der Waals surface area (Å²) in [6.45, 7) is 6.03. The van der Waals surface area contributed by atoms with Gasteiger partial charge in [-0.2, -0.15) is 0 Å². The number of halogens is 1. The largest absolute Gasteiger partial charge is 0.357 e. The standard InChI is InChI=1S/C18H26FN5S/c1-5-20-17(22-11-16-12-25-18(23-16)24(3)4)21-9-8-14-6-7-15(19)10-13(14)2/h6-7,10,12H,5,8-9,11H2,1-4H3,(H2,20,21,22). The van der Waals surface area contributed by atoms with E-state index in [1.807, 2.05) is 44.3 Å². The molecular weight excluding hydrogens is 337 g/mol. The van der Waals surface area contributed by atoms with Gasteiger partial charge in [-0.1, -0.05) is 6.07 Å². The normalized spacial score (nSPS) is 11.5. The summed E-state index contributed by atoms with van der Waals surface area (Å²) in [6.07, 6.45) is 0.817. The minimum Gasteiger partial charge on any atom is -0.357 e. The van der Waals surface area contributed by atoms with Crippen molar-refractivity contribution in [3.8, 4) is 0 Å². The molecule has 0 unspecified atom stereocenters. The fourth-order valence-corrected chi connectivity index (χ4v) is 3.08. The van der Waals surface area contributed by atoms with Crippen molar-refractivity contribution in [2.24, 2.45) is 4.99 Å². The van der Waals surface area contributed by atoms with Crippen molar-refractivity contribution in [1.29, 1.82) is 0 Å². The summed E-state index contributed by atoms with van der Waals surface area (Å²) in [7, 11) is 3.96. The third-order valence-corrected chi connectivity index (χ3v) is 4.71. The van der Waals surface area contributed by atoms with E-state index in [0.717, 1.165) is 47.4 Å². The first-order chi connectivity index (χ1) is 12.0. The summed E-state index contributed by atoms with van der Waals surface area (Å²) in [6, 6.07) is 4.92. The van der Waals surface area contributed by atoms with Gasteiger partial charge in [0.2, 0.25) is 0 Å². The lowest BCUT2D eigenvalue weighted by Gasteiger charge is -2.12. The van der Waals surface area contributed by atoms with E-state index in [4.69, 9.17) is 0 Å². The molecule has 2 rings (SSSR count). The highest BCUT2D eigenvalue weighted by Crippen LogP contribution is 2.18. The van der Waals surface area contributed by atoms with Crippen molar-refractivity contribution in [3.63, 3.8) is 0 Å². The summed E-state index contributed by atoms with van der Waals surface area (Å²) in [5.74, 6) is 0.575. The van der Waals surface area contributed by atoms with Crippen LogP contribution in [0, 0.1) is 12.7 Å². The maximum atomic E-state index is 13.2. The van der Waals surface area contributed by atoms with E-state index in [9.17, 15) is 4.39 Å². The molecule has 1 aromatic carbocycles. The minimum absolute atomic E-state index is 0.190.